The van der Waals surface area contributed by atoms with E-state index in [0.717, 1.165) is 31.7 Å². The van der Waals surface area contributed by atoms with Crippen LogP contribution in [0.3, 0.4) is 0 Å². The van der Waals surface area contributed by atoms with Crippen molar-refractivity contribution in [2.24, 2.45) is 4.99 Å². The lowest BCUT2D eigenvalue weighted by Gasteiger charge is -2.34. The Balaban J connectivity index is 1.72. The second kappa shape index (κ2) is 5.58. The molecule has 0 aliphatic carbocycles. The van der Waals surface area contributed by atoms with Crippen LogP contribution < -0.4 is 0 Å². The van der Waals surface area contributed by atoms with E-state index in [-0.39, 0.29) is 12.0 Å². The molecule has 6 heteroatoms. The Morgan fingerprint density at radius 3 is 2.65 bits per heavy atom. The van der Waals surface area contributed by atoms with E-state index in [9.17, 15) is 4.79 Å². The number of aromatic nitrogens is 1. The molecule has 2 aliphatic heterocycles. The zero-order chi connectivity index (χ0) is 13.9. The number of aliphatic imine (C=N–C) groups is 1. The number of rotatable bonds is 2. The number of likely N-dealkylation sites (N-methyl/N-ethyl adjacent to an activating group) is 1. The van der Waals surface area contributed by atoms with Gasteiger partial charge in [0.15, 0.2) is 18.5 Å². The maximum atomic E-state index is 12.6. The Bertz CT molecular complexity index is 497. The SMILES string of the molecule is CN1CCN(C(=O)[C@H]2N=COC2c2ccncc2)CC1. The van der Waals surface area contributed by atoms with Gasteiger partial charge in [-0.3, -0.25) is 9.78 Å². The summed E-state index contributed by atoms with van der Waals surface area (Å²) in [4.78, 5) is 24.9. The highest BCUT2D eigenvalue weighted by Crippen LogP contribution is 2.28. The fourth-order valence-corrected chi connectivity index (χ4v) is 2.54. The molecule has 0 N–H and O–H groups in total. The Morgan fingerprint density at radius 1 is 1.25 bits per heavy atom. The predicted molar refractivity (Wildman–Crippen MR) is 74.4 cm³/mol. The van der Waals surface area contributed by atoms with Crippen molar-refractivity contribution < 1.29 is 9.53 Å². The van der Waals surface area contributed by atoms with Crippen molar-refractivity contribution in [1.82, 2.24) is 14.8 Å². The fourth-order valence-electron chi connectivity index (χ4n) is 2.54. The number of carbonyl (C=O) groups is 1. The van der Waals surface area contributed by atoms with Crippen LogP contribution in [0.1, 0.15) is 11.7 Å². The predicted octanol–water partition coefficient (Wildman–Crippen LogP) is 0.324. The summed E-state index contributed by atoms with van der Waals surface area (Å²) >= 11 is 0. The van der Waals surface area contributed by atoms with Gasteiger partial charge in [-0.2, -0.15) is 0 Å². The molecule has 20 heavy (non-hydrogen) atoms. The average Bonchev–Trinajstić information content (AvgIpc) is 2.97. The highest BCUT2D eigenvalue weighted by molar-refractivity contribution is 5.85. The first kappa shape index (κ1) is 13.1. The standard InChI is InChI=1S/C14H18N4O2/c1-17-6-8-18(9-7-17)14(19)12-13(20-10-16-12)11-2-4-15-5-3-11/h2-5,10,12-13H,6-9H2,1H3/t12-,13?/m0/s1. The molecule has 106 valence electrons. The van der Waals surface area contributed by atoms with Gasteiger partial charge in [0, 0.05) is 38.6 Å². The average molecular weight is 274 g/mol. The zero-order valence-corrected chi connectivity index (χ0v) is 11.5. The molecule has 1 aromatic rings. The lowest BCUT2D eigenvalue weighted by atomic mass is 10.0. The van der Waals surface area contributed by atoms with E-state index >= 15 is 0 Å². The van der Waals surface area contributed by atoms with E-state index in [1.165, 1.54) is 6.40 Å². The highest BCUT2D eigenvalue weighted by atomic mass is 16.5. The van der Waals surface area contributed by atoms with Crippen molar-refractivity contribution in [3.05, 3.63) is 30.1 Å². The molecule has 3 heterocycles. The molecule has 2 atom stereocenters. The Kier molecular flexibility index (Phi) is 3.64. The van der Waals surface area contributed by atoms with Crippen molar-refractivity contribution in [2.75, 3.05) is 33.2 Å². The van der Waals surface area contributed by atoms with Gasteiger partial charge >= 0.3 is 0 Å². The van der Waals surface area contributed by atoms with Crippen molar-refractivity contribution >= 4 is 12.3 Å². The minimum absolute atomic E-state index is 0.0497. The van der Waals surface area contributed by atoms with Gasteiger partial charge in [-0.05, 0) is 24.7 Å². The normalized spacial score (nSPS) is 26.6. The summed E-state index contributed by atoms with van der Waals surface area (Å²) in [6.07, 6.45) is 4.47. The summed E-state index contributed by atoms with van der Waals surface area (Å²) in [6.45, 7) is 3.32. The van der Waals surface area contributed by atoms with Gasteiger partial charge in [-0.25, -0.2) is 4.99 Å². The first-order valence-corrected chi connectivity index (χ1v) is 6.80. The summed E-state index contributed by atoms with van der Waals surface area (Å²) in [5.41, 5.74) is 0.935. The maximum absolute atomic E-state index is 12.6. The summed E-state index contributed by atoms with van der Waals surface area (Å²) in [7, 11) is 2.07. The second-order valence-corrected chi connectivity index (χ2v) is 5.17. The summed E-state index contributed by atoms with van der Waals surface area (Å²) in [5, 5.41) is 0. The van der Waals surface area contributed by atoms with Gasteiger partial charge in [0.05, 0.1) is 0 Å². The van der Waals surface area contributed by atoms with E-state index in [1.807, 2.05) is 17.0 Å². The topological polar surface area (TPSA) is 58.0 Å². The minimum atomic E-state index is -0.471. The van der Waals surface area contributed by atoms with Crippen LogP contribution in [0, 0.1) is 0 Å². The molecule has 0 bridgehead atoms. The molecule has 1 unspecified atom stereocenters. The van der Waals surface area contributed by atoms with E-state index in [0.29, 0.717) is 0 Å². The first-order valence-electron chi connectivity index (χ1n) is 6.80. The highest BCUT2D eigenvalue weighted by Gasteiger charge is 2.37. The van der Waals surface area contributed by atoms with Crippen molar-refractivity contribution in [1.29, 1.82) is 0 Å². The molecule has 1 aromatic heterocycles. The first-order chi connectivity index (χ1) is 9.75. The molecule has 1 amide bonds. The second-order valence-electron chi connectivity index (χ2n) is 5.17. The van der Waals surface area contributed by atoms with Crippen LogP contribution in [-0.2, 0) is 9.53 Å². The smallest absolute Gasteiger partial charge is 0.251 e. The maximum Gasteiger partial charge on any atom is 0.251 e. The molecule has 3 rings (SSSR count). The molecule has 0 saturated carbocycles. The van der Waals surface area contributed by atoms with E-state index in [1.54, 1.807) is 12.4 Å². The molecule has 1 fully saturated rings. The summed E-state index contributed by atoms with van der Waals surface area (Å²) in [5.74, 6) is 0.0497. The Labute approximate surface area is 118 Å². The van der Waals surface area contributed by atoms with Crippen LogP contribution in [0.5, 0.6) is 0 Å². The molecule has 1 saturated heterocycles. The Hall–Kier alpha value is -1.95. The molecule has 0 spiro atoms. The molecule has 0 radical (unpaired) electrons. The van der Waals surface area contributed by atoms with Gasteiger partial charge in [-0.15, -0.1) is 0 Å². The molecular formula is C14H18N4O2. The van der Waals surface area contributed by atoms with Crippen LogP contribution >= 0.6 is 0 Å². The van der Waals surface area contributed by atoms with E-state index in [2.05, 4.69) is 21.9 Å². The quantitative estimate of drug-likeness (QED) is 0.779. The number of pyridine rings is 1. The number of nitrogens with zero attached hydrogens (tertiary/aromatic N) is 4. The van der Waals surface area contributed by atoms with Crippen molar-refractivity contribution in [2.45, 2.75) is 12.1 Å². The van der Waals surface area contributed by atoms with Crippen molar-refractivity contribution in [3.8, 4) is 0 Å². The Morgan fingerprint density at radius 2 is 1.95 bits per heavy atom. The molecule has 2 aliphatic rings. The number of amides is 1. The molecule has 6 nitrogen and oxygen atoms in total. The minimum Gasteiger partial charge on any atom is -0.473 e. The third kappa shape index (κ3) is 2.51. The van der Waals surface area contributed by atoms with Gasteiger partial charge in [0.25, 0.3) is 5.91 Å². The number of ether oxygens (including phenoxy) is 1. The number of carbonyl (C=O) groups excluding carboxylic acids is 1. The van der Waals surface area contributed by atoms with E-state index in [4.69, 9.17) is 4.74 Å². The zero-order valence-electron chi connectivity index (χ0n) is 11.5. The fraction of sp³-hybridized carbons (Fsp3) is 0.500. The third-order valence-corrected chi connectivity index (χ3v) is 3.82. The molecule has 0 aromatic carbocycles. The van der Waals surface area contributed by atoms with Gasteiger partial charge < -0.3 is 14.5 Å². The van der Waals surface area contributed by atoms with Crippen LogP contribution in [-0.4, -0.2) is 66.4 Å². The van der Waals surface area contributed by atoms with Gasteiger partial charge in [0.1, 0.15) is 0 Å². The van der Waals surface area contributed by atoms with Crippen LogP contribution in [0.4, 0.5) is 0 Å². The number of hydrogen-bond acceptors (Lipinski definition) is 5. The van der Waals surface area contributed by atoms with Gasteiger partial charge in [0.2, 0.25) is 0 Å². The largest absolute Gasteiger partial charge is 0.473 e. The van der Waals surface area contributed by atoms with Crippen molar-refractivity contribution in [3.63, 3.8) is 0 Å². The number of piperazine rings is 1. The number of hydrogen-bond donors (Lipinski definition) is 0. The summed E-state index contributed by atoms with van der Waals surface area (Å²) in [6, 6.07) is 3.26. The molecular weight excluding hydrogens is 256 g/mol. The van der Waals surface area contributed by atoms with E-state index < -0.39 is 6.04 Å². The van der Waals surface area contributed by atoms with Gasteiger partial charge in [-0.1, -0.05) is 0 Å². The summed E-state index contributed by atoms with van der Waals surface area (Å²) < 4.78 is 5.51. The van der Waals surface area contributed by atoms with Crippen LogP contribution in [0.25, 0.3) is 0 Å². The lowest BCUT2D eigenvalue weighted by molar-refractivity contribution is -0.135. The van der Waals surface area contributed by atoms with Crippen LogP contribution in [0.2, 0.25) is 0 Å². The van der Waals surface area contributed by atoms with Crippen LogP contribution in [0.15, 0.2) is 29.5 Å². The third-order valence-electron chi connectivity index (χ3n) is 3.82. The monoisotopic (exact) mass is 274 g/mol. The lowest BCUT2D eigenvalue weighted by Crippen LogP contribution is -2.50.